The molecule has 1 aromatic heterocycles. The Morgan fingerprint density at radius 2 is 0.950 bits per heavy atom. The van der Waals surface area contributed by atoms with E-state index in [1.807, 2.05) is 66.7 Å². The van der Waals surface area contributed by atoms with E-state index < -0.39 is 0 Å². The van der Waals surface area contributed by atoms with Crippen molar-refractivity contribution >= 4 is 43.5 Å². The van der Waals surface area contributed by atoms with Crippen LogP contribution in [0.2, 0.25) is 0 Å². The molecule has 8 rings (SSSR count). The average Bonchev–Trinajstić information content (AvgIpc) is 3.38. The van der Waals surface area contributed by atoms with Gasteiger partial charge in [-0.1, -0.05) is 115 Å². The highest BCUT2D eigenvalue weighted by Gasteiger charge is 2.21. The normalized spacial score (nSPS) is 11.6. The summed E-state index contributed by atoms with van der Waals surface area (Å²) in [4.78, 5) is 0. The Morgan fingerprint density at radius 1 is 0.375 bits per heavy atom. The fourth-order valence-electron chi connectivity index (χ4n) is 6.23. The highest BCUT2D eigenvalue weighted by atomic mass is 19.1. The minimum atomic E-state index is -0.226. The fourth-order valence-corrected chi connectivity index (χ4v) is 6.23. The van der Waals surface area contributed by atoms with E-state index in [1.54, 1.807) is 12.1 Å². The van der Waals surface area contributed by atoms with Crippen LogP contribution in [0.15, 0.2) is 144 Å². The summed E-state index contributed by atoms with van der Waals surface area (Å²) < 4.78 is 22.1. The maximum absolute atomic E-state index is 16.0. The molecule has 0 fully saturated rings. The Kier molecular flexibility index (Phi) is 5.08. The lowest BCUT2D eigenvalue weighted by Gasteiger charge is -2.20. The zero-order valence-corrected chi connectivity index (χ0v) is 21.6. The maximum atomic E-state index is 16.0. The summed E-state index contributed by atoms with van der Waals surface area (Å²) in [5, 5.41) is 6.41. The molecule has 1 nitrogen and oxygen atoms in total. The molecule has 8 aromatic rings. The topological polar surface area (TPSA) is 13.1 Å². The van der Waals surface area contributed by atoms with Gasteiger partial charge in [0.1, 0.15) is 17.0 Å². The lowest BCUT2D eigenvalue weighted by Crippen LogP contribution is -1.95. The first-order valence-electron chi connectivity index (χ1n) is 13.5. The van der Waals surface area contributed by atoms with Crippen molar-refractivity contribution in [2.75, 3.05) is 0 Å². The number of hydrogen-bond donors (Lipinski definition) is 0. The Hall–Kier alpha value is -5.21. The number of fused-ring (bicyclic) bond motifs is 5. The van der Waals surface area contributed by atoms with Crippen LogP contribution < -0.4 is 0 Å². The monoisotopic (exact) mass is 514 g/mol. The fraction of sp³-hybridized carbons (Fsp3) is 0. The summed E-state index contributed by atoms with van der Waals surface area (Å²) in [6.45, 7) is 0. The second-order valence-corrected chi connectivity index (χ2v) is 10.2. The van der Waals surface area contributed by atoms with E-state index in [0.717, 1.165) is 71.3 Å². The molecule has 7 aromatic carbocycles. The van der Waals surface area contributed by atoms with E-state index >= 15 is 4.39 Å². The molecule has 0 atom stereocenters. The van der Waals surface area contributed by atoms with Crippen molar-refractivity contribution in [3.63, 3.8) is 0 Å². The number of rotatable bonds is 3. The van der Waals surface area contributed by atoms with Gasteiger partial charge in [-0.15, -0.1) is 0 Å². The van der Waals surface area contributed by atoms with Crippen LogP contribution in [0.25, 0.3) is 76.9 Å². The van der Waals surface area contributed by atoms with Crippen LogP contribution in [-0.2, 0) is 0 Å². The molecular formula is C38H23FO. The third-order valence-corrected chi connectivity index (χ3v) is 7.95. The van der Waals surface area contributed by atoms with Crippen LogP contribution in [0.1, 0.15) is 0 Å². The number of benzene rings is 7. The molecule has 0 N–H and O–H groups in total. The predicted molar refractivity (Wildman–Crippen MR) is 165 cm³/mol. The van der Waals surface area contributed by atoms with Crippen LogP contribution in [0, 0.1) is 5.82 Å². The number of halogens is 1. The van der Waals surface area contributed by atoms with Crippen LogP contribution >= 0.6 is 0 Å². The quantitative estimate of drug-likeness (QED) is 0.214. The van der Waals surface area contributed by atoms with Gasteiger partial charge in [0.05, 0.1) is 0 Å². The van der Waals surface area contributed by atoms with Gasteiger partial charge in [0.2, 0.25) is 0 Å². The number of hydrogen-bond acceptors (Lipinski definition) is 1. The molecule has 2 heteroatoms. The first-order valence-corrected chi connectivity index (χ1v) is 13.5. The Bertz CT molecular complexity index is 2170. The average molecular weight is 515 g/mol. The molecule has 0 saturated heterocycles. The third kappa shape index (κ3) is 3.40. The molecule has 0 aliphatic rings. The molecule has 0 saturated carbocycles. The van der Waals surface area contributed by atoms with Crippen molar-refractivity contribution in [2.45, 2.75) is 0 Å². The van der Waals surface area contributed by atoms with E-state index in [1.165, 1.54) is 0 Å². The number of para-hydroxylation sites is 1. The lowest BCUT2D eigenvalue weighted by molar-refractivity contribution is 0.632. The molecule has 0 aliphatic carbocycles. The van der Waals surface area contributed by atoms with Crippen molar-refractivity contribution in [2.24, 2.45) is 0 Å². The van der Waals surface area contributed by atoms with Crippen molar-refractivity contribution < 1.29 is 8.81 Å². The highest BCUT2D eigenvalue weighted by Crippen LogP contribution is 2.47. The Labute approximate surface area is 230 Å². The summed E-state index contributed by atoms with van der Waals surface area (Å²) in [5.41, 5.74) is 7.42. The van der Waals surface area contributed by atoms with E-state index in [0.29, 0.717) is 5.56 Å². The summed E-state index contributed by atoms with van der Waals surface area (Å²) >= 11 is 0. The van der Waals surface area contributed by atoms with Crippen molar-refractivity contribution in [3.05, 3.63) is 145 Å². The van der Waals surface area contributed by atoms with E-state index in [2.05, 4.69) is 60.7 Å². The molecule has 0 unspecified atom stereocenters. The maximum Gasteiger partial charge on any atom is 0.135 e. The van der Waals surface area contributed by atoms with Gasteiger partial charge < -0.3 is 4.42 Å². The second kappa shape index (κ2) is 8.93. The van der Waals surface area contributed by atoms with Crippen molar-refractivity contribution in [3.8, 4) is 33.4 Å². The SMILES string of the molecule is Fc1cccc(-c2ccccc2)c1-c1c2ccccc2c(-c2ccc3oc4ccccc4c3c2)c2ccccc12. The summed E-state index contributed by atoms with van der Waals surface area (Å²) in [6.07, 6.45) is 0. The van der Waals surface area contributed by atoms with Crippen LogP contribution in [0.5, 0.6) is 0 Å². The third-order valence-electron chi connectivity index (χ3n) is 7.95. The molecule has 40 heavy (non-hydrogen) atoms. The van der Waals surface area contributed by atoms with Gasteiger partial charge >= 0.3 is 0 Å². The first-order chi connectivity index (χ1) is 19.8. The van der Waals surface area contributed by atoms with E-state index in [4.69, 9.17) is 4.42 Å². The Balaban J connectivity index is 1.50. The van der Waals surface area contributed by atoms with Crippen LogP contribution in [-0.4, -0.2) is 0 Å². The minimum Gasteiger partial charge on any atom is -0.456 e. The van der Waals surface area contributed by atoms with Crippen molar-refractivity contribution in [1.29, 1.82) is 0 Å². The molecule has 0 bridgehead atoms. The van der Waals surface area contributed by atoms with Crippen molar-refractivity contribution in [1.82, 2.24) is 0 Å². The van der Waals surface area contributed by atoms with Gasteiger partial charge in [-0.2, -0.15) is 0 Å². The van der Waals surface area contributed by atoms with Gasteiger partial charge in [-0.3, -0.25) is 0 Å². The standard InChI is InChI=1S/C38H23FO/c39-33-19-10-18-26(24-11-2-1-3-12-24)38(33)37-30-16-6-4-14-28(30)36(29-15-5-7-17-31(29)37)25-21-22-35-32(23-25)27-13-8-9-20-34(27)40-35/h1-23H. The minimum absolute atomic E-state index is 0.226. The summed E-state index contributed by atoms with van der Waals surface area (Å²) in [6, 6.07) is 46.8. The number of furan rings is 1. The van der Waals surface area contributed by atoms with E-state index in [9.17, 15) is 0 Å². The zero-order chi connectivity index (χ0) is 26.6. The van der Waals surface area contributed by atoms with Gasteiger partial charge in [-0.25, -0.2) is 4.39 Å². The highest BCUT2D eigenvalue weighted by molar-refractivity contribution is 6.23. The molecule has 0 radical (unpaired) electrons. The van der Waals surface area contributed by atoms with Gasteiger partial charge in [-0.05, 0) is 68.1 Å². The lowest BCUT2D eigenvalue weighted by atomic mass is 9.83. The first kappa shape index (κ1) is 22.7. The second-order valence-electron chi connectivity index (χ2n) is 10.2. The molecule has 1 heterocycles. The predicted octanol–water partition coefficient (Wildman–Crippen LogP) is 11.0. The van der Waals surface area contributed by atoms with Gasteiger partial charge in [0.15, 0.2) is 0 Å². The molecule has 188 valence electrons. The zero-order valence-electron chi connectivity index (χ0n) is 21.6. The van der Waals surface area contributed by atoms with Gasteiger partial charge in [0, 0.05) is 21.9 Å². The summed E-state index contributed by atoms with van der Waals surface area (Å²) in [5.74, 6) is -0.226. The Morgan fingerprint density at radius 3 is 1.65 bits per heavy atom. The molecule has 0 aliphatic heterocycles. The smallest absolute Gasteiger partial charge is 0.135 e. The largest absolute Gasteiger partial charge is 0.456 e. The van der Waals surface area contributed by atoms with E-state index in [-0.39, 0.29) is 5.82 Å². The van der Waals surface area contributed by atoms with Crippen LogP contribution in [0.3, 0.4) is 0 Å². The molecular weight excluding hydrogens is 491 g/mol. The molecule has 0 amide bonds. The molecule has 0 spiro atoms. The van der Waals surface area contributed by atoms with Gasteiger partial charge in [0.25, 0.3) is 0 Å². The summed E-state index contributed by atoms with van der Waals surface area (Å²) in [7, 11) is 0. The van der Waals surface area contributed by atoms with Crippen LogP contribution in [0.4, 0.5) is 4.39 Å².